The minimum atomic E-state index is -1.05. The first-order valence-corrected chi connectivity index (χ1v) is 6.13. The number of carbonyl (C=O) groups excluding carboxylic acids is 1. The first kappa shape index (κ1) is 14.5. The molecule has 0 heterocycles. The van der Waals surface area contributed by atoms with E-state index in [1.165, 1.54) is 36.4 Å². The molecule has 0 aromatic heterocycles. The van der Waals surface area contributed by atoms with Gasteiger partial charge in [0.05, 0.1) is 11.1 Å². The molecule has 0 aliphatic rings. The number of amides is 1. The SMILES string of the molecule is CNc1ccc(F)cc1C(=O)Nc1ccc(C(=O)O)cc1. The minimum Gasteiger partial charge on any atom is -0.478 e. The summed E-state index contributed by atoms with van der Waals surface area (Å²) < 4.78 is 13.3. The standard InChI is InChI=1S/C15H13FN2O3/c1-17-13-7-4-10(16)8-12(13)14(19)18-11-5-2-9(3-6-11)15(20)21/h2-8,17H,1H3,(H,18,19)(H,20,21). The van der Waals surface area contributed by atoms with Crippen LogP contribution in [0.3, 0.4) is 0 Å². The Labute approximate surface area is 120 Å². The molecule has 0 aliphatic carbocycles. The largest absolute Gasteiger partial charge is 0.478 e. The van der Waals surface area contributed by atoms with Gasteiger partial charge in [0.2, 0.25) is 0 Å². The lowest BCUT2D eigenvalue weighted by Crippen LogP contribution is -2.14. The van der Waals surface area contributed by atoms with E-state index < -0.39 is 17.7 Å². The van der Waals surface area contributed by atoms with Crippen LogP contribution in [0.5, 0.6) is 0 Å². The van der Waals surface area contributed by atoms with Gasteiger partial charge in [-0.25, -0.2) is 9.18 Å². The van der Waals surface area contributed by atoms with Gasteiger partial charge in [0.1, 0.15) is 5.82 Å². The summed E-state index contributed by atoms with van der Waals surface area (Å²) in [4.78, 5) is 22.9. The zero-order chi connectivity index (χ0) is 15.4. The highest BCUT2D eigenvalue weighted by atomic mass is 19.1. The van der Waals surface area contributed by atoms with Crippen molar-refractivity contribution in [2.45, 2.75) is 0 Å². The summed E-state index contributed by atoms with van der Waals surface area (Å²) in [6.45, 7) is 0. The first-order chi connectivity index (χ1) is 10.0. The summed E-state index contributed by atoms with van der Waals surface area (Å²) in [6.07, 6.45) is 0. The Hall–Kier alpha value is -2.89. The van der Waals surface area contributed by atoms with Gasteiger partial charge in [-0.05, 0) is 42.5 Å². The van der Waals surface area contributed by atoms with Gasteiger partial charge in [0.15, 0.2) is 0 Å². The van der Waals surface area contributed by atoms with Crippen molar-refractivity contribution in [2.75, 3.05) is 17.7 Å². The number of hydrogen-bond donors (Lipinski definition) is 3. The maximum absolute atomic E-state index is 13.3. The van der Waals surface area contributed by atoms with Crippen molar-refractivity contribution >= 4 is 23.3 Å². The van der Waals surface area contributed by atoms with Crippen molar-refractivity contribution in [3.05, 3.63) is 59.4 Å². The number of anilines is 2. The Morgan fingerprint density at radius 2 is 1.76 bits per heavy atom. The Balaban J connectivity index is 2.21. The lowest BCUT2D eigenvalue weighted by molar-refractivity contribution is 0.0696. The third kappa shape index (κ3) is 3.36. The molecule has 21 heavy (non-hydrogen) atoms. The highest BCUT2D eigenvalue weighted by molar-refractivity contribution is 6.08. The molecule has 5 nitrogen and oxygen atoms in total. The lowest BCUT2D eigenvalue weighted by Gasteiger charge is -2.10. The monoisotopic (exact) mass is 288 g/mol. The van der Waals surface area contributed by atoms with Gasteiger partial charge in [0.25, 0.3) is 5.91 Å². The molecule has 3 N–H and O–H groups in total. The molecule has 0 radical (unpaired) electrons. The third-order valence-electron chi connectivity index (χ3n) is 2.89. The summed E-state index contributed by atoms with van der Waals surface area (Å²) in [5, 5.41) is 14.2. The van der Waals surface area contributed by atoms with E-state index in [4.69, 9.17) is 5.11 Å². The second-order valence-corrected chi connectivity index (χ2v) is 4.28. The number of rotatable bonds is 4. The van der Waals surface area contributed by atoms with Crippen molar-refractivity contribution in [3.63, 3.8) is 0 Å². The predicted octanol–water partition coefficient (Wildman–Crippen LogP) is 2.82. The van der Waals surface area contributed by atoms with Gasteiger partial charge in [-0.2, -0.15) is 0 Å². The maximum atomic E-state index is 13.3. The quantitative estimate of drug-likeness (QED) is 0.808. The van der Waals surface area contributed by atoms with Crippen LogP contribution in [-0.2, 0) is 0 Å². The Morgan fingerprint density at radius 3 is 2.33 bits per heavy atom. The Kier molecular flexibility index (Phi) is 4.18. The average molecular weight is 288 g/mol. The summed E-state index contributed by atoms with van der Waals surface area (Å²) >= 11 is 0. The molecule has 0 bridgehead atoms. The second kappa shape index (κ2) is 6.04. The molecule has 2 aromatic rings. The van der Waals surface area contributed by atoms with Crippen LogP contribution in [0.15, 0.2) is 42.5 Å². The molecule has 0 atom stereocenters. The van der Waals surface area contributed by atoms with E-state index in [0.717, 1.165) is 6.07 Å². The van der Waals surface area contributed by atoms with Crippen LogP contribution in [-0.4, -0.2) is 24.0 Å². The van der Waals surface area contributed by atoms with Crippen LogP contribution in [0, 0.1) is 5.82 Å². The summed E-state index contributed by atoms with van der Waals surface area (Å²) in [5.74, 6) is -2.04. The normalized spacial score (nSPS) is 10.0. The highest BCUT2D eigenvalue weighted by Crippen LogP contribution is 2.19. The van der Waals surface area contributed by atoms with Crippen LogP contribution in [0.4, 0.5) is 15.8 Å². The molecular weight excluding hydrogens is 275 g/mol. The Bertz CT molecular complexity index is 684. The van der Waals surface area contributed by atoms with E-state index in [1.54, 1.807) is 7.05 Å². The topological polar surface area (TPSA) is 78.4 Å². The van der Waals surface area contributed by atoms with Crippen LogP contribution in [0.2, 0.25) is 0 Å². The lowest BCUT2D eigenvalue weighted by atomic mass is 10.1. The number of benzene rings is 2. The maximum Gasteiger partial charge on any atom is 0.335 e. The number of hydrogen-bond acceptors (Lipinski definition) is 3. The smallest absolute Gasteiger partial charge is 0.335 e. The van der Waals surface area contributed by atoms with Gasteiger partial charge in [-0.3, -0.25) is 4.79 Å². The number of nitrogens with one attached hydrogen (secondary N) is 2. The van der Waals surface area contributed by atoms with E-state index in [-0.39, 0.29) is 11.1 Å². The molecule has 6 heteroatoms. The van der Waals surface area contributed by atoms with Crippen molar-refractivity contribution in [2.24, 2.45) is 0 Å². The highest BCUT2D eigenvalue weighted by Gasteiger charge is 2.12. The van der Waals surface area contributed by atoms with Crippen molar-refractivity contribution in [1.29, 1.82) is 0 Å². The Morgan fingerprint density at radius 1 is 1.10 bits per heavy atom. The predicted molar refractivity (Wildman–Crippen MR) is 77.3 cm³/mol. The number of halogens is 1. The van der Waals surface area contributed by atoms with E-state index in [0.29, 0.717) is 11.4 Å². The van der Waals surface area contributed by atoms with Crippen LogP contribution < -0.4 is 10.6 Å². The van der Waals surface area contributed by atoms with E-state index in [9.17, 15) is 14.0 Å². The molecule has 0 saturated heterocycles. The molecule has 108 valence electrons. The van der Waals surface area contributed by atoms with Crippen LogP contribution >= 0.6 is 0 Å². The zero-order valence-corrected chi connectivity index (χ0v) is 11.2. The fourth-order valence-electron chi connectivity index (χ4n) is 1.82. The van der Waals surface area contributed by atoms with Crippen molar-refractivity contribution in [1.82, 2.24) is 0 Å². The number of carbonyl (C=O) groups is 2. The van der Waals surface area contributed by atoms with Gasteiger partial charge in [0, 0.05) is 18.4 Å². The van der Waals surface area contributed by atoms with Crippen molar-refractivity contribution < 1.29 is 19.1 Å². The molecule has 1 amide bonds. The molecule has 2 rings (SSSR count). The van der Waals surface area contributed by atoms with E-state index in [1.807, 2.05) is 0 Å². The molecule has 0 fully saturated rings. The van der Waals surface area contributed by atoms with Gasteiger partial charge in [-0.15, -0.1) is 0 Å². The fourth-order valence-corrected chi connectivity index (χ4v) is 1.82. The van der Waals surface area contributed by atoms with Gasteiger partial charge >= 0.3 is 5.97 Å². The van der Waals surface area contributed by atoms with Crippen molar-refractivity contribution in [3.8, 4) is 0 Å². The number of carboxylic acids is 1. The number of carboxylic acid groups (broad SMARTS) is 1. The first-order valence-electron chi connectivity index (χ1n) is 6.13. The summed E-state index contributed by atoms with van der Waals surface area (Å²) in [7, 11) is 1.63. The number of aromatic carboxylic acids is 1. The van der Waals surface area contributed by atoms with E-state index >= 15 is 0 Å². The molecule has 0 unspecified atom stereocenters. The molecule has 2 aromatic carbocycles. The summed E-state index contributed by atoms with van der Waals surface area (Å²) in [5.41, 5.74) is 1.21. The molecule has 0 aliphatic heterocycles. The van der Waals surface area contributed by atoms with Crippen LogP contribution in [0.25, 0.3) is 0 Å². The zero-order valence-electron chi connectivity index (χ0n) is 11.2. The van der Waals surface area contributed by atoms with E-state index in [2.05, 4.69) is 10.6 Å². The molecule has 0 spiro atoms. The van der Waals surface area contributed by atoms with Crippen LogP contribution in [0.1, 0.15) is 20.7 Å². The third-order valence-corrected chi connectivity index (χ3v) is 2.89. The second-order valence-electron chi connectivity index (χ2n) is 4.28. The molecule has 0 saturated carbocycles. The van der Waals surface area contributed by atoms with Gasteiger partial charge in [-0.1, -0.05) is 0 Å². The average Bonchev–Trinajstić information content (AvgIpc) is 2.47. The summed E-state index contributed by atoms with van der Waals surface area (Å²) in [6, 6.07) is 9.55. The molecular formula is C15H13FN2O3. The fraction of sp³-hybridized carbons (Fsp3) is 0.0667. The minimum absolute atomic E-state index is 0.120. The van der Waals surface area contributed by atoms with Gasteiger partial charge < -0.3 is 15.7 Å².